The molecule has 0 saturated carbocycles. The van der Waals surface area contributed by atoms with Crippen molar-refractivity contribution in [2.45, 2.75) is 13.3 Å². The van der Waals surface area contributed by atoms with Crippen molar-refractivity contribution in [3.8, 4) is 11.1 Å². The largest absolute Gasteiger partial charge is 0.346 e. The molecule has 0 aliphatic carbocycles. The minimum atomic E-state index is -0.221. The van der Waals surface area contributed by atoms with Gasteiger partial charge in [-0.15, -0.1) is 0 Å². The van der Waals surface area contributed by atoms with Gasteiger partial charge in [0.15, 0.2) is 0 Å². The number of nitrogens with zero attached hydrogens (tertiary/aromatic N) is 2. The third kappa shape index (κ3) is 1.91. The van der Waals surface area contributed by atoms with Crippen molar-refractivity contribution in [3.63, 3.8) is 0 Å². The minimum absolute atomic E-state index is 0.221. The topological polar surface area (TPSA) is 17.8 Å². The molecule has 0 saturated heterocycles. The van der Waals surface area contributed by atoms with Crippen molar-refractivity contribution >= 4 is 10.9 Å². The maximum atomic E-state index is 13.4. The lowest BCUT2D eigenvalue weighted by molar-refractivity contribution is 0.628. The lowest BCUT2D eigenvalue weighted by Crippen LogP contribution is -1.93. The molecule has 0 N–H and O–H groups in total. The number of fused-ring (bicyclic) bond motifs is 1. The van der Waals surface area contributed by atoms with Crippen molar-refractivity contribution in [3.05, 3.63) is 54.2 Å². The van der Waals surface area contributed by atoms with Gasteiger partial charge in [0.25, 0.3) is 0 Å². The van der Waals surface area contributed by atoms with Gasteiger partial charge in [-0.1, -0.05) is 19.1 Å². The summed E-state index contributed by atoms with van der Waals surface area (Å²) < 4.78 is 15.5. The second-order valence-corrected chi connectivity index (χ2v) is 4.68. The summed E-state index contributed by atoms with van der Waals surface area (Å²) in [7, 11) is 2.04. The van der Waals surface area contributed by atoms with E-state index in [1.807, 2.05) is 19.3 Å². The monoisotopic (exact) mass is 254 g/mol. The number of pyridine rings is 1. The lowest BCUT2D eigenvalue weighted by atomic mass is 10.0. The number of halogens is 1. The Hall–Kier alpha value is -2.16. The molecule has 96 valence electrons. The highest BCUT2D eigenvalue weighted by molar-refractivity contribution is 5.95. The second-order valence-electron chi connectivity index (χ2n) is 4.68. The first kappa shape index (κ1) is 11.9. The Balaban J connectivity index is 2.30. The van der Waals surface area contributed by atoms with Crippen LogP contribution in [0.3, 0.4) is 0 Å². The maximum absolute atomic E-state index is 13.4. The zero-order valence-corrected chi connectivity index (χ0v) is 11.0. The average molecular weight is 254 g/mol. The fraction of sp³-hybridized carbons (Fsp3) is 0.188. The van der Waals surface area contributed by atoms with Gasteiger partial charge in [-0.3, -0.25) is 4.98 Å². The summed E-state index contributed by atoms with van der Waals surface area (Å²) in [5.41, 5.74) is 4.18. The average Bonchev–Trinajstić information content (AvgIpc) is 2.75. The zero-order valence-electron chi connectivity index (χ0n) is 11.0. The van der Waals surface area contributed by atoms with E-state index >= 15 is 0 Å². The summed E-state index contributed by atoms with van der Waals surface area (Å²) in [5.74, 6) is -0.221. The fourth-order valence-electron chi connectivity index (χ4n) is 2.52. The smallest absolute Gasteiger partial charge is 0.123 e. The van der Waals surface area contributed by atoms with Crippen molar-refractivity contribution < 1.29 is 4.39 Å². The number of aromatic nitrogens is 2. The number of benzene rings is 1. The van der Waals surface area contributed by atoms with Crippen LogP contribution in [-0.2, 0) is 13.5 Å². The van der Waals surface area contributed by atoms with Crippen molar-refractivity contribution in [1.29, 1.82) is 0 Å². The van der Waals surface area contributed by atoms with E-state index in [9.17, 15) is 4.39 Å². The minimum Gasteiger partial charge on any atom is -0.346 e. The Morgan fingerprint density at radius 1 is 1.21 bits per heavy atom. The molecular formula is C16H15FN2. The summed E-state index contributed by atoms with van der Waals surface area (Å²) >= 11 is 0. The van der Waals surface area contributed by atoms with Crippen LogP contribution in [0, 0.1) is 5.82 Å². The Bertz CT molecular complexity index is 744. The molecule has 0 amide bonds. The van der Waals surface area contributed by atoms with Gasteiger partial charge in [0, 0.05) is 29.9 Å². The molecule has 2 nitrogen and oxygen atoms in total. The molecule has 3 aromatic rings. The SMILES string of the molecule is CCc1cc2c(-c3cccc(F)c3)cncc2n1C. The molecule has 0 bridgehead atoms. The van der Waals surface area contributed by atoms with Gasteiger partial charge in [0.1, 0.15) is 5.82 Å². The Morgan fingerprint density at radius 2 is 2.05 bits per heavy atom. The van der Waals surface area contributed by atoms with Crippen molar-refractivity contribution in [1.82, 2.24) is 9.55 Å². The van der Waals surface area contributed by atoms with E-state index in [2.05, 4.69) is 22.5 Å². The molecule has 0 radical (unpaired) electrons. The third-order valence-electron chi connectivity index (χ3n) is 3.57. The summed E-state index contributed by atoms with van der Waals surface area (Å²) in [5, 5.41) is 1.12. The van der Waals surface area contributed by atoms with Crippen LogP contribution in [0.5, 0.6) is 0 Å². The molecule has 0 atom stereocenters. The van der Waals surface area contributed by atoms with E-state index < -0.39 is 0 Å². The molecule has 0 fully saturated rings. The number of rotatable bonds is 2. The van der Waals surface area contributed by atoms with Gasteiger partial charge in [-0.2, -0.15) is 0 Å². The first-order valence-corrected chi connectivity index (χ1v) is 6.39. The first-order valence-electron chi connectivity index (χ1n) is 6.39. The number of hydrogen-bond acceptors (Lipinski definition) is 1. The highest BCUT2D eigenvalue weighted by Crippen LogP contribution is 2.30. The molecular weight excluding hydrogens is 239 g/mol. The molecule has 0 unspecified atom stereocenters. The summed E-state index contributed by atoms with van der Waals surface area (Å²) in [6.45, 7) is 2.13. The highest BCUT2D eigenvalue weighted by Gasteiger charge is 2.10. The van der Waals surface area contributed by atoms with E-state index in [4.69, 9.17) is 0 Å². The van der Waals surface area contributed by atoms with Crippen molar-refractivity contribution in [2.24, 2.45) is 7.05 Å². The Labute approximate surface area is 111 Å². The number of aryl methyl sites for hydroxylation is 2. The standard InChI is InChI=1S/C16H15FN2/c1-3-13-8-14-15(9-18-10-16(14)19(13)2)11-5-4-6-12(17)7-11/h4-10H,3H2,1-2H3. The summed E-state index contributed by atoms with van der Waals surface area (Å²) in [6, 6.07) is 8.82. The fourth-order valence-corrected chi connectivity index (χ4v) is 2.52. The van der Waals surface area contributed by atoms with E-state index in [-0.39, 0.29) is 5.82 Å². The van der Waals surface area contributed by atoms with Crippen LogP contribution in [0.25, 0.3) is 22.0 Å². The molecule has 3 heteroatoms. The zero-order chi connectivity index (χ0) is 13.4. The highest BCUT2D eigenvalue weighted by atomic mass is 19.1. The third-order valence-corrected chi connectivity index (χ3v) is 3.57. The predicted molar refractivity (Wildman–Crippen MR) is 75.5 cm³/mol. The normalized spacial score (nSPS) is 11.1. The molecule has 19 heavy (non-hydrogen) atoms. The van der Waals surface area contributed by atoms with Gasteiger partial charge in [0.05, 0.1) is 11.7 Å². The molecule has 0 aliphatic rings. The molecule has 0 aliphatic heterocycles. The van der Waals surface area contributed by atoms with Crippen LogP contribution < -0.4 is 0 Å². The summed E-state index contributed by atoms with van der Waals surface area (Å²) in [6.07, 6.45) is 4.63. The van der Waals surface area contributed by atoms with Gasteiger partial charge in [0.2, 0.25) is 0 Å². The van der Waals surface area contributed by atoms with E-state index in [1.165, 1.54) is 11.8 Å². The molecule has 1 aromatic carbocycles. The molecule has 2 aromatic heterocycles. The molecule has 0 spiro atoms. The van der Waals surface area contributed by atoms with Gasteiger partial charge >= 0.3 is 0 Å². The Morgan fingerprint density at radius 3 is 2.79 bits per heavy atom. The van der Waals surface area contributed by atoms with Crippen molar-refractivity contribution in [2.75, 3.05) is 0 Å². The second kappa shape index (κ2) is 4.50. The van der Waals surface area contributed by atoms with E-state index in [0.29, 0.717) is 0 Å². The first-order chi connectivity index (χ1) is 9.20. The van der Waals surface area contributed by atoms with E-state index in [0.717, 1.165) is 28.5 Å². The number of hydrogen-bond donors (Lipinski definition) is 0. The van der Waals surface area contributed by atoms with Gasteiger partial charge in [-0.25, -0.2) is 4.39 Å². The molecule has 3 rings (SSSR count). The van der Waals surface area contributed by atoms with Crippen LogP contribution >= 0.6 is 0 Å². The quantitative estimate of drug-likeness (QED) is 0.677. The van der Waals surface area contributed by atoms with Gasteiger partial charge < -0.3 is 4.57 Å². The molecule has 2 heterocycles. The Kier molecular flexibility index (Phi) is 2.82. The van der Waals surface area contributed by atoms with Crippen LogP contribution in [0.1, 0.15) is 12.6 Å². The van der Waals surface area contributed by atoms with E-state index in [1.54, 1.807) is 18.3 Å². The van der Waals surface area contributed by atoms with Gasteiger partial charge in [-0.05, 0) is 30.2 Å². The van der Waals surface area contributed by atoms with Crippen LogP contribution in [0.15, 0.2) is 42.7 Å². The predicted octanol–water partition coefficient (Wildman–Crippen LogP) is 3.94. The van der Waals surface area contributed by atoms with Crippen LogP contribution in [0.2, 0.25) is 0 Å². The van der Waals surface area contributed by atoms with Crippen LogP contribution in [0.4, 0.5) is 4.39 Å². The maximum Gasteiger partial charge on any atom is 0.123 e. The lowest BCUT2D eigenvalue weighted by Gasteiger charge is -2.04. The van der Waals surface area contributed by atoms with Crippen LogP contribution in [-0.4, -0.2) is 9.55 Å². The summed E-state index contributed by atoms with van der Waals surface area (Å²) in [4.78, 5) is 4.28.